The summed E-state index contributed by atoms with van der Waals surface area (Å²) >= 11 is 0. The van der Waals surface area contributed by atoms with Gasteiger partial charge in [0.05, 0.1) is 17.5 Å². The minimum Gasteiger partial charge on any atom is -0.360 e. The Hall–Kier alpha value is -4.45. The molecule has 5 nitrogen and oxygen atoms in total. The summed E-state index contributed by atoms with van der Waals surface area (Å²) in [7, 11) is 0. The average Bonchev–Trinajstić information content (AvgIpc) is 3.57. The molecular formula is C35H32N4O. The van der Waals surface area contributed by atoms with E-state index in [2.05, 4.69) is 130 Å². The highest BCUT2D eigenvalue weighted by Crippen LogP contribution is 2.42. The first-order valence-corrected chi connectivity index (χ1v) is 13.9. The highest BCUT2D eigenvalue weighted by Gasteiger charge is 2.40. The van der Waals surface area contributed by atoms with E-state index in [4.69, 9.17) is 4.98 Å². The van der Waals surface area contributed by atoms with Crippen LogP contribution in [-0.4, -0.2) is 30.7 Å². The maximum absolute atomic E-state index is 11.5. The maximum atomic E-state index is 11.5. The SMILES string of the molecule is Cc1c(CN2CCc3cc4ccccc4n3C2O)ncn1C(c1ccccc1)(c1ccccc1)c1ccccc1. The quantitative estimate of drug-likeness (QED) is 0.253. The van der Waals surface area contributed by atoms with Gasteiger partial charge >= 0.3 is 0 Å². The van der Waals surface area contributed by atoms with Gasteiger partial charge < -0.3 is 14.2 Å². The van der Waals surface area contributed by atoms with Crippen LogP contribution in [0.4, 0.5) is 0 Å². The average molecular weight is 525 g/mol. The second-order valence-corrected chi connectivity index (χ2v) is 10.6. The molecule has 0 amide bonds. The number of nitrogens with zero attached hydrogens (tertiary/aromatic N) is 4. The molecule has 1 atom stereocenters. The Balaban J connectivity index is 1.34. The van der Waals surface area contributed by atoms with Crippen molar-refractivity contribution >= 4 is 10.9 Å². The molecule has 0 spiro atoms. The van der Waals surface area contributed by atoms with E-state index in [0.717, 1.165) is 35.3 Å². The van der Waals surface area contributed by atoms with Crippen LogP contribution in [0.2, 0.25) is 0 Å². The van der Waals surface area contributed by atoms with Crippen molar-refractivity contribution < 1.29 is 5.11 Å². The van der Waals surface area contributed by atoms with Gasteiger partial charge in [-0.2, -0.15) is 0 Å². The van der Waals surface area contributed by atoms with Crippen molar-refractivity contribution in [2.45, 2.75) is 31.8 Å². The van der Waals surface area contributed by atoms with Crippen LogP contribution in [-0.2, 0) is 18.5 Å². The van der Waals surface area contributed by atoms with Crippen molar-refractivity contribution in [2.75, 3.05) is 6.54 Å². The van der Waals surface area contributed by atoms with Gasteiger partial charge in [-0.05, 0) is 41.1 Å². The summed E-state index contributed by atoms with van der Waals surface area (Å²) in [5.74, 6) is 0. The third kappa shape index (κ3) is 3.81. The fourth-order valence-electron chi connectivity index (χ4n) is 6.48. The number of aromatic nitrogens is 3. The lowest BCUT2D eigenvalue weighted by atomic mass is 9.76. The zero-order valence-electron chi connectivity index (χ0n) is 22.6. The van der Waals surface area contributed by atoms with Crippen LogP contribution in [0, 0.1) is 6.92 Å². The van der Waals surface area contributed by atoms with Gasteiger partial charge in [-0.1, -0.05) is 109 Å². The van der Waals surface area contributed by atoms with Crippen molar-refractivity contribution in [1.29, 1.82) is 0 Å². The van der Waals surface area contributed by atoms with E-state index in [-0.39, 0.29) is 0 Å². The number of rotatable bonds is 6. The van der Waals surface area contributed by atoms with E-state index < -0.39 is 11.9 Å². The largest absolute Gasteiger partial charge is 0.360 e. The fourth-order valence-corrected chi connectivity index (χ4v) is 6.48. The van der Waals surface area contributed by atoms with Crippen LogP contribution in [0.3, 0.4) is 0 Å². The highest BCUT2D eigenvalue weighted by atomic mass is 16.3. The Morgan fingerprint density at radius 2 is 1.32 bits per heavy atom. The number of fused-ring (bicyclic) bond motifs is 3. The third-order valence-electron chi connectivity index (χ3n) is 8.44. The Kier molecular flexibility index (Phi) is 6.11. The van der Waals surface area contributed by atoms with Crippen LogP contribution in [0.5, 0.6) is 0 Å². The molecule has 0 aliphatic carbocycles. The molecule has 3 heterocycles. The molecule has 4 aromatic carbocycles. The summed E-state index contributed by atoms with van der Waals surface area (Å²) in [4.78, 5) is 7.11. The summed E-state index contributed by atoms with van der Waals surface area (Å²) < 4.78 is 4.38. The van der Waals surface area contributed by atoms with E-state index in [9.17, 15) is 5.11 Å². The summed E-state index contributed by atoms with van der Waals surface area (Å²) in [6.45, 7) is 3.48. The summed E-state index contributed by atoms with van der Waals surface area (Å²) in [5.41, 5.74) is 7.17. The van der Waals surface area contributed by atoms with Gasteiger partial charge in [0.15, 0.2) is 6.35 Å². The molecular weight excluding hydrogens is 492 g/mol. The van der Waals surface area contributed by atoms with Gasteiger partial charge in [0.25, 0.3) is 0 Å². The molecule has 2 aromatic heterocycles. The van der Waals surface area contributed by atoms with Gasteiger partial charge in [0.2, 0.25) is 0 Å². The number of hydrogen-bond acceptors (Lipinski definition) is 3. The van der Waals surface area contributed by atoms with Crippen LogP contribution in [0.15, 0.2) is 128 Å². The topological polar surface area (TPSA) is 46.2 Å². The summed E-state index contributed by atoms with van der Waals surface area (Å²) in [5, 5.41) is 12.7. The van der Waals surface area contributed by atoms with Crippen molar-refractivity contribution in [3.63, 3.8) is 0 Å². The molecule has 40 heavy (non-hydrogen) atoms. The number of benzene rings is 4. The predicted octanol–water partition coefficient (Wildman–Crippen LogP) is 6.49. The van der Waals surface area contributed by atoms with E-state index >= 15 is 0 Å². The molecule has 1 aliphatic heterocycles. The molecule has 1 N–H and O–H groups in total. The first-order chi connectivity index (χ1) is 19.7. The molecule has 1 unspecified atom stereocenters. The third-order valence-corrected chi connectivity index (χ3v) is 8.44. The lowest BCUT2D eigenvalue weighted by Gasteiger charge is -2.38. The standard InChI is InChI=1S/C35H32N4O/c1-26-32(24-37-22-21-31-23-27-13-11-12-20-33(27)39(31)34(37)40)36-25-38(26)35(28-14-5-2-6-15-28,29-16-7-3-8-17-29)30-18-9-4-10-19-30/h2-20,23,25,34,40H,21-22,24H2,1H3. The monoisotopic (exact) mass is 524 g/mol. The Labute approximate surface area is 234 Å². The molecule has 0 saturated carbocycles. The van der Waals surface area contributed by atoms with E-state index in [1.807, 2.05) is 18.5 Å². The van der Waals surface area contributed by atoms with Crippen molar-refractivity contribution in [3.05, 3.63) is 161 Å². The van der Waals surface area contributed by atoms with Crippen molar-refractivity contribution in [1.82, 2.24) is 19.0 Å². The second-order valence-electron chi connectivity index (χ2n) is 10.6. The summed E-state index contributed by atoms with van der Waals surface area (Å²) in [6.07, 6.45) is 2.12. The molecule has 6 aromatic rings. The number of imidazole rings is 1. The smallest absolute Gasteiger partial charge is 0.191 e. The first kappa shape index (κ1) is 24.6. The molecule has 1 aliphatic rings. The molecule has 0 radical (unpaired) electrons. The fraction of sp³-hybridized carbons (Fsp3) is 0.171. The van der Waals surface area contributed by atoms with Gasteiger partial charge in [-0.15, -0.1) is 0 Å². The van der Waals surface area contributed by atoms with Crippen LogP contribution >= 0.6 is 0 Å². The molecule has 0 saturated heterocycles. The van der Waals surface area contributed by atoms with Crippen LogP contribution < -0.4 is 0 Å². The molecule has 198 valence electrons. The zero-order valence-corrected chi connectivity index (χ0v) is 22.6. The van der Waals surface area contributed by atoms with Gasteiger partial charge in [0, 0.05) is 30.9 Å². The van der Waals surface area contributed by atoms with E-state index in [0.29, 0.717) is 6.54 Å². The number of aliphatic hydroxyl groups excluding tert-OH is 1. The number of para-hydroxylation sites is 1. The molecule has 7 rings (SSSR count). The van der Waals surface area contributed by atoms with Gasteiger partial charge in [-0.25, -0.2) is 4.98 Å². The minimum atomic E-state index is -0.740. The van der Waals surface area contributed by atoms with E-state index in [1.54, 1.807) is 0 Å². The maximum Gasteiger partial charge on any atom is 0.191 e. The Morgan fingerprint density at radius 3 is 1.93 bits per heavy atom. The van der Waals surface area contributed by atoms with Gasteiger partial charge in [0.1, 0.15) is 5.54 Å². The lowest BCUT2D eigenvalue weighted by Crippen LogP contribution is -2.39. The normalized spacial score (nSPS) is 15.8. The van der Waals surface area contributed by atoms with Gasteiger partial charge in [-0.3, -0.25) is 4.90 Å². The van der Waals surface area contributed by atoms with Crippen LogP contribution in [0.1, 0.15) is 40.1 Å². The molecule has 0 bridgehead atoms. The summed E-state index contributed by atoms with van der Waals surface area (Å²) in [6, 6.07) is 42.5. The second kappa shape index (κ2) is 9.94. The van der Waals surface area contributed by atoms with Crippen LogP contribution in [0.25, 0.3) is 10.9 Å². The zero-order chi connectivity index (χ0) is 27.1. The lowest BCUT2D eigenvalue weighted by molar-refractivity contribution is -0.0704. The molecule has 5 heteroatoms. The Morgan fingerprint density at radius 1 is 0.775 bits per heavy atom. The minimum absolute atomic E-state index is 0.556. The molecule has 0 fully saturated rings. The predicted molar refractivity (Wildman–Crippen MR) is 159 cm³/mol. The van der Waals surface area contributed by atoms with E-state index in [1.165, 1.54) is 22.4 Å². The number of hydrogen-bond donors (Lipinski definition) is 1. The van der Waals surface area contributed by atoms with Crippen molar-refractivity contribution in [2.24, 2.45) is 0 Å². The first-order valence-electron chi connectivity index (χ1n) is 13.9. The highest BCUT2D eigenvalue weighted by molar-refractivity contribution is 5.81. The number of aliphatic hydroxyl groups is 1. The van der Waals surface area contributed by atoms with Crippen molar-refractivity contribution in [3.8, 4) is 0 Å². The Bertz CT molecular complexity index is 1660.